The van der Waals surface area contributed by atoms with Crippen LogP contribution in [0.15, 0.2) is 54.6 Å². The number of rotatable bonds is 4. The van der Waals surface area contributed by atoms with Gasteiger partial charge in [-0.2, -0.15) is 0 Å². The first-order valence-electron chi connectivity index (χ1n) is 7.45. The molecule has 0 unspecified atom stereocenters. The summed E-state index contributed by atoms with van der Waals surface area (Å²) in [6, 6.07) is 15.6. The Morgan fingerprint density at radius 2 is 1.52 bits per heavy atom. The van der Waals surface area contributed by atoms with E-state index in [1.54, 1.807) is 48.5 Å². The predicted octanol–water partition coefficient (Wildman–Crippen LogP) is 2.13. The van der Waals surface area contributed by atoms with Crippen LogP contribution in [0.5, 0.6) is 0 Å². The van der Waals surface area contributed by atoms with E-state index in [2.05, 4.69) is 10.6 Å². The zero-order chi connectivity index (χ0) is 16.2. The van der Waals surface area contributed by atoms with Crippen molar-refractivity contribution < 1.29 is 14.4 Å². The quantitative estimate of drug-likeness (QED) is 0.671. The van der Waals surface area contributed by atoms with Crippen LogP contribution in [-0.2, 0) is 9.59 Å². The number of carbonyl (C=O) groups is 3. The molecule has 2 aromatic carbocycles. The molecular formula is C18H16N2O3. The van der Waals surface area contributed by atoms with E-state index >= 15 is 0 Å². The predicted molar refractivity (Wildman–Crippen MR) is 86.1 cm³/mol. The molecule has 0 saturated heterocycles. The lowest BCUT2D eigenvalue weighted by Gasteiger charge is -2.07. The van der Waals surface area contributed by atoms with Gasteiger partial charge >= 0.3 is 11.8 Å². The van der Waals surface area contributed by atoms with E-state index in [1.807, 2.05) is 6.07 Å². The molecule has 1 aliphatic rings. The van der Waals surface area contributed by atoms with Crippen LogP contribution >= 0.6 is 0 Å². The number of hydrogen-bond donors (Lipinski definition) is 2. The molecule has 1 saturated carbocycles. The van der Waals surface area contributed by atoms with E-state index in [0.717, 1.165) is 12.8 Å². The molecular weight excluding hydrogens is 292 g/mol. The summed E-state index contributed by atoms with van der Waals surface area (Å²) in [7, 11) is 0. The Balaban J connectivity index is 1.70. The Bertz CT molecular complexity index is 752. The average Bonchev–Trinajstić information content (AvgIpc) is 3.39. The fraction of sp³-hybridized carbons (Fsp3) is 0.167. The summed E-state index contributed by atoms with van der Waals surface area (Å²) in [4.78, 5) is 35.8. The maximum Gasteiger partial charge on any atom is 0.313 e. The van der Waals surface area contributed by atoms with Gasteiger partial charge in [0.25, 0.3) is 0 Å². The maximum atomic E-state index is 12.4. The topological polar surface area (TPSA) is 75.3 Å². The summed E-state index contributed by atoms with van der Waals surface area (Å²) in [5, 5.41) is 5.14. The van der Waals surface area contributed by atoms with Crippen LogP contribution in [0.25, 0.3) is 0 Å². The molecule has 2 aromatic rings. The monoisotopic (exact) mass is 308 g/mol. The van der Waals surface area contributed by atoms with Crippen LogP contribution in [0.3, 0.4) is 0 Å². The third kappa shape index (κ3) is 3.83. The SMILES string of the molecule is O=C(Nc1cccc(C(=O)c2ccccc2)c1)C(=O)NC1CC1. The zero-order valence-electron chi connectivity index (χ0n) is 12.4. The second-order valence-corrected chi connectivity index (χ2v) is 5.48. The number of nitrogens with one attached hydrogen (secondary N) is 2. The fourth-order valence-electron chi connectivity index (χ4n) is 2.16. The highest BCUT2D eigenvalue weighted by molar-refractivity contribution is 6.39. The highest BCUT2D eigenvalue weighted by Crippen LogP contribution is 2.19. The molecule has 0 spiro atoms. The largest absolute Gasteiger partial charge is 0.345 e. The van der Waals surface area contributed by atoms with E-state index < -0.39 is 11.8 Å². The summed E-state index contributed by atoms with van der Waals surface area (Å²) < 4.78 is 0. The number of carbonyl (C=O) groups excluding carboxylic acids is 3. The van der Waals surface area contributed by atoms with Gasteiger partial charge in [0, 0.05) is 22.9 Å². The van der Waals surface area contributed by atoms with E-state index in [-0.39, 0.29) is 11.8 Å². The molecule has 1 aliphatic carbocycles. The van der Waals surface area contributed by atoms with Gasteiger partial charge in [0.15, 0.2) is 5.78 Å². The van der Waals surface area contributed by atoms with Gasteiger partial charge in [-0.3, -0.25) is 14.4 Å². The van der Waals surface area contributed by atoms with Crippen molar-refractivity contribution in [3.8, 4) is 0 Å². The fourth-order valence-corrected chi connectivity index (χ4v) is 2.16. The van der Waals surface area contributed by atoms with Crippen LogP contribution in [0.2, 0.25) is 0 Å². The van der Waals surface area contributed by atoms with Gasteiger partial charge in [-0.05, 0) is 25.0 Å². The number of ketones is 1. The molecule has 0 radical (unpaired) electrons. The molecule has 2 N–H and O–H groups in total. The molecule has 0 heterocycles. The number of benzene rings is 2. The summed E-state index contributed by atoms with van der Waals surface area (Å²) in [5.41, 5.74) is 1.45. The van der Waals surface area contributed by atoms with Crippen molar-refractivity contribution in [2.45, 2.75) is 18.9 Å². The van der Waals surface area contributed by atoms with Crippen LogP contribution in [-0.4, -0.2) is 23.6 Å². The first-order valence-corrected chi connectivity index (χ1v) is 7.45. The van der Waals surface area contributed by atoms with E-state index in [4.69, 9.17) is 0 Å². The molecule has 23 heavy (non-hydrogen) atoms. The lowest BCUT2D eigenvalue weighted by molar-refractivity contribution is -0.136. The van der Waals surface area contributed by atoms with Crippen LogP contribution in [0, 0.1) is 0 Å². The minimum absolute atomic E-state index is 0.124. The normalized spacial score (nSPS) is 13.2. The standard InChI is InChI=1S/C18H16N2O3/c21-16(12-5-2-1-3-6-12)13-7-4-8-15(11-13)20-18(23)17(22)19-14-9-10-14/h1-8,11,14H,9-10H2,(H,19,22)(H,20,23). The second-order valence-electron chi connectivity index (χ2n) is 5.48. The molecule has 1 fully saturated rings. The number of hydrogen-bond acceptors (Lipinski definition) is 3. The number of anilines is 1. The Hall–Kier alpha value is -2.95. The molecule has 0 atom stereocenters. The third-order valence-corrected chi connectivity index (χ3v) is 3.54. The highest BCUT2D eigenvalue weighted by atomic mass is 16.2. The van der Waals surface area contributed by atoms with Crippen LogP contribution < -0.4 is 10.6 Å². The van der Waals surface area contributed by atoms with Gasteiger partial charge in [0.05, 0.1) is 0 Å². The summed E-state index contributed by atoms with van der Waals surface area (Å²) in [6.07, 6.45) is 1.83. The smallest absolute Gasteiger partial charge is 0.313 e. The van der Waals surface area contributed by atoms with E-state index in [1.165, 1.54) is 0 Å². The second kappa shape index (κ2) is 6.44. The summed E-state index contributed by atoms with van der Waals surface area (Å²) >= 11 is 0. The van der Waals surface area contributed by atoms with Gasteiger partial charge in [0.1, 0.15) is 0 Å². The molecule has 0 aromatic heterocycles. The van der Waals surface area contributed by atoms with Crippen molar-refractivity contribution in [3.05, 3.63) is 65.7 Å². The Kier molecular flexibility index (Phi) is 4.19. The van der Waals surface area contributed by atoms with Crippen molar-refractivity contribution in [3.63, 3.8) is 0 Å². The molecule has 0 aliphatic heterocycles. The number of amides is 2. The van der Waals surface area contributed by atoms with Gasteiger partial charge in [-0.25, -0.2) is 0 Å². The molecule has 3 rings (SSSR count). The first-order chi connectivity index (χ1) is 11.1. The third-order valence-electron chi connectivity index (χ3n) is 3.54. The summed E-state index contributed by atoms with van der Waals surface area (Å²) in [6.45, 7) is 0. The first kappa shape index (κ1) is 15.0. The van der Waals surface area contributed by atoms with Crippen LogP contribution in [0.4, 0.5) is 5.69 Å². The van der Waals surface area contributed by atoms with Crippen molar-refractivity contribution in [2.75, 3.05) is 5.32 Å². The molecule has 0 bridgehead atoms. The van der Waals surface area contributed by atoms with Gasteiger partial charge in [-0.15, -0.1) is 0 Å². The lowest BCUT2D eigenvalue weighted by atomic mass is 10.0. The Labute approximate surface area is 133 Å². The minimum Gasteiger partial charge on any atom is -0.345 e. The van der Waals surface area contributed by atoms with Crippen LogP contribution in [0.1, 0.15) is 28.8 Å². The highest BCUT2D eigenvalue weighted by Gasteiger charge is 2.26. The Morgan fingerprint density at radius 1 is 0.826 bits per heavy atom. The Morgan fingerprint density at radius 3 is 2.22 bits per heavy atom. The molecule has 5 heteroatoms. The zero-order valence-corrected chi connectivity index (χ0v) is 12.4. The summed E-state index contributed by atoms with van der Waals surface area (Å²) in [5.74, 6) is -1.50. The molecule has 116 valence electrons. The van der Waals surface area contributed by atoms with E-state index in [9.17, 15) is 14.4 Å². The van der Waals surface area contributed by atoms with Crippen molar-refractivity contribution in [1.29, 1.82) is 0 Å². The lowest BCUT2D eigenvalue weighted by Crippen LogP contribution is -2.36. The molecule has 2 amide bonds. The van der Waals surface area contributed by atoms with Gasteiger partial charge in [0.2, 0.25) is 0 Å². The van der Waals surface area contributed by atoms with Crippen molar-refractivity contribution in [2.24, 2.45) is 0 Å². The van der Waals surface area contributed by atoms with Crippen molar-refractivity contribution >= 4 is 23.3 Å². The average molecular weight is 308 g/mol. The van der Waals surface area contributed by atoms with E-state index in [0.29, 0.717) is 16.8 Å². The maximum absolute atomic E-state index is 12.4. The van der Waals surface area contributed by atoms with Gasteiger partial charge in [-0.1, -0.05) is 42.5 Å². The van der Waals surface area contributed by atoms with Gasteiger partial charge < -0.3 is 10.6 Å². The molecule has 5 nitrogen and oxygen atoms in total. The van der Waals surface area contributed by atoms with Crippen molar-refractivity contribution in [1.82, 2.24) is 5.32 Å². The minimum atomic E-state index is -0.721.